The van der Waals surface area contributed by atoms with Crippen LogP contribution in [-0.2, 0) is 19.1 Å². The fraction of sp³-hybridized carbons (Fsp3) is 0.235. The van der Waals surface area contributed by atoms with Crippen LogP contribution >= 0.6 is 0 Å². The predicted octanol–water partition coefficient (Wildman–Crippen LogP) is 1.85. The molecule has 2 heterocycles. The van der Waals surface area contributed by atoms with E-state index in [1.165, 1.54) is 12.3 Å². The van der Waals surface area contributed by atoms with Crippen LogP contribution in [0.3, 0.4) is 0 Å². The molecule has 0 spiro atoms. The van der Waals surface area contributed by atoms with Gasteiger partial charge >= 0.3 is 11.9 Å². The molecule has 0 saturated heterocycles. The van der Waals surface area contributed by atoms with E-state index in [-0.39, 0.29) is 24.1 Å². The second kappa shape index (κ2) is 9.23. The van der Waals surface area contributed by atoms with E-state index in [0.717, 1.165) is 6.20 Å². The Labute approximate surface area is 149 Å². The van der Waals surface area contributed by atoms with Gasteiger partial charge in [0.25, 0.3) is 0 Å². The number of hydrogen-bond donors (Lipinski definition) is 0. The third-order valence-corrected chi connectivity index (χ3v) is 3.04. The molecule has 0 aliphatic rings. The number of esters is 2. The lowest BCUT2D eigenvalue weighted by atomic mass is 10.2. The van der Waals surface area contributed by atoms with E-state index in [2.05, 4.69) is 15.0 Å². The highest BCUT2D eigenvalue weighted by Gasteiger charge is 2.21. The Morgan fingerprint density at radius 3 is 2.27 bits per heavy atom. The molecule has 2 aromatic rings. The Kier molecular flexibility index (Phi) is 6.75. The van der Waals surface area contributed by atoms with E-state index in [1.54, 1.807) is 38.4 Å². The van der Waals surface area contributed by atoms with Crippen LogP contribution in [0, 0.1) is 5.21 Å². The van der Waals surface area contributed by atoms with Gasteiger partial charge in [-0.25, -0.2) is 19.6 Å². The van der Waals surface area contributed by atoms with Gasteiger partial charge in [-0.1, -0.05) is 0 Å². The largest absolute Gasteiger partial charge is 0.753 e. The van der Waals surface area contributed by atoms with Crippen molar-refractivity contribution in [3.05, 3.63) is 53.8 Å². The van der Waals surface area contributed by atoms with Gasteiger partial charge < -0.3 is 19.7 Å². The molecule has 0 atom stereocenters. The van der Waals surface area contributed by atoms with Crippen LogP contribution in [0.25, 0.3) is 11.4 Å². The topological polar surface area (TPSA) is 118 Å². The highest BCUT2D eigenvalue weighted by Crippen LogP contribution is 2.18. The third-order valence-electron chi connectivity index (χ3n) is 3.04. The second-order valence-corrected chi connectivity index (χ2v) is 4.78. The standard InChI is InChI=1S/C17H17N4O5/c1-3-25-16(22)13(17(23)26-4-2)11-21(24)14-7-10-19-15(20-14)12-5-8-18-9-6-12/h5-11H,3-4H2,1-2H3/q-1. The van der Waals surface area contributed by atoms with Gasteiger partial charge in [-0.3, -0.25) is 4.98 Å². The maximum Gasteiger partial charge on any atom is 0.347 e. The van der Waals surface area contributed by atoms with Crippen LogP contribution in [-0.4, -0.2) is 40.1 Å². The Balaban J connectivity index is 2.33. The second-order valence-electron chi connectivity index (χ2n) is 4.78. The fourth-order valence-corrected chi connectivity index (χ4v) is 1.90. The quantitative estimate of drug-likeness (QED) is 0.240. The first-order chi connectivity index (χ1) is 12.6. The minimum atomic E-state index is -0.949. The van der Waals surface area contributed by atoms with Crippen molar-refractivity contribution in [3.63, 3.8) is 0 Å². The molecule has 0 bridgehead atoms. The fourth-order valence-electron chi connectivity index (χ4n) is 1.90. The first kappa shape index (κ1) is 19.0. The van der Waals surface area contributed by atoms with Gasteiger partial charge in [0.2, 0.25) is 0 Å². The van der Waals surface area contributed by atoms with Crippen molar-refractivity contribution in [2.24, 2.45) is 0 Å². The average molecular weight is 357 g/mol. The number of anilines is 1. The van der Waals surface area contributed by atoms with Gasteiger partial charge in [-0.2, -0.15) is 0 Å². The van der Waals surface area contributed by atoms with Gasteiger partial charge in [0.15, 0.2) is 11.4 Å². The number of aromatic nitrogens is 3. The highest BCUT2D eigenvalue weighted by molar-refractivity contribution is 6.14. The molecule has 0 aromatic carbocycles. The predicted molar refractivity (Wildman–Crippen MR) is 92.5 cm³/mol. The summed E-state index contributed by atoms with van der Waals surface area (Å²) >= 11 is 0. The summed E-state index contributed by atoms with van der Waals surface area (Å²) in [5, 5.41) is 12.7. The summed E-state index contributed by atoms with van der Waals surface area (Å²) in [6.45, 7) is 3.27. The number of nitrogens with zero attached hydrogens (tertiary/aromatic N) is 4. The van der Waals surface area contributed by atoms with Crippen LogP contribution in [0.2, 0.25) is 0 Å². The summed E-state index contributed by atoms with van der Waals surface area (Å²) in [6, 6.07) is 4.72. The molecule has 0 unspecified atom stereocenters. The lowest BCUT2D eigenvalue weighted by molar-refractivity contribution is -0.146. The normalized spacial score (nSPS) is 9.96. The van der Waals surface area contributed by atoms with E-state index in [0.29, 0.717) is 11.4 Å². The van der Waals surface area contributed by atoms with Crippen LogP contribution < -0.4 is 5.06 Å². The number of carbonyl (C=O) groups is 2. The average Bonchev–Trinajstić information content (AvgIpc) is 2.67. The number of hydroxylamine groups is 1. The molecule has 0 amide bonds. The number of hydrogen-bond acceptors (Lipinski definition) is 9. The summed E-state index contributed by atoms with van der Waals surface area (Å²) in [5.41, 5.74) is 0.142. The van der Waals surface area contributed by atoms with Crippen molar-refractivity contribution in [3.8, 4) is 11.4 Å². The Hall–Kier alpha value is -3.33. The lowest BCUT2D eigenvalue weighted by Crippen LogP contribution is -2.22. The Bertz CT molecular complexity index is 775. The molecule has 0 aliphatic heterocycles. The molecule has 2 aromatic heterocycles. The molecule has 2 rings (SSSR count). The molecule has 0 fully saturated rings. The monoisotopic (exact) mass is 357 g/mol. The zero-order chi connectivity index (χ0) is 18.9. The van der Waals surface area contributed by atoms with Gasteiger partial charge in [-0.15, -0.1) is 0 Å². The van der Waals surface area contributed by atoms with Crippen molar-refractivity contribution >= 4 is 17.8 Å². The van der Waals surface area contributed by atoms with Crippen LogP contribution in [0.5, 0.6) is 0 Å². The summed E-state index contributed by atoms with van der Waals surface area (Å²) in [5.74, 6) is -1.66. The van der Waals surface area contributed by atoms with E-state index >= 15 is 0 Å². The summed E-state index contributed by atoms with van der Waals surface area (Å²) in [6.07, 6.45) is 5.32. The van der Waals surface area contributed by atoms with Gasteiger partial charge in [0, 0.05) is 30.4 Å². The SMILES string of the molecule is CCOC(=O)C(=CN([O-])c1ccnc(-c2ccncc2)n1)C(=O)OCC. The van der Waals surface area contributed by atoms with Crippen molar-refractivity contribution in [1.29, 1.82) is 0 Å². The molecular weight excluding hydrogens is 340 g/mol. The minimum absolute atomic E-state index is 0.0497. The molecular formula is C17H17N4O5-. The van der Waals surface area contributed by atoms with Crippen molar-refractivity contribution in [2.45, 2.75) is 13.8 Å². The van der Waals surface area contributed by atoms with E-state index in [1.807, 2.05) is 0 Å². The number of carbonyl (C=O) groups excluding carboxylic acids is 2. The zero-order valence-corrected chi connectivity index (χ0v) is 14.3. The van der Waals surface area contributed by atoms with Crippen LogP contribution in [0.15, 0.2) is 48.6 Å². The first-order valence-corrected chi connectivity index (χ1v) is 7.82. The van der Waals surface area contributed by atoms with Crippen molar-refractivity contribution in [1.82, 2.24) is 15.0 Å². The summed E-state index contributed by atoms with van der Waals surface area (Å²) < 4.78 is 9.58. The smallest absolute Gasteiger partial charge is 0.347 e. The van der Waals surface area contributed by atoms with Crippen molar-refractivity contribution in [2.75, 3.05) is 18.3 Å². The lowest BCUT2D eigenvalue weighted by Gasteiger charge is -2.25. The Morgan fingerprint density at radius 1 is 1.08 bits per heavy atom. The molecule has 9 heteroatoms. The third kappa shape index (κ3) is 4.84. The number of pyridine rings is 1. The van der Waals surface area contributed by atoms with Crippen molar-refractivity contribution < 1.29 is 19.1 Å². The minimum Gasteiger partial charge on any atom is -0.753 e. The molecule has 0 saturated carbocycles. The zero-order valence-electron chi connectivity index (χ0n) is 14.3. The Morgan fingerprint density at radius 2 is 1.69 bits per heavy atom. The van der Waals surface area contributed by atoms with Crippen LogP contribution in [0.1, 0.15) is 13.8 Å². The number of rotatable bonds is 7. The summed E-state index contributed by atoms with van der Waals surface area (Å²) in [7, 11) is 0. The van der Waals surface area contributed by atoms with Gasteiger partial charge in [0.05, 0.1) is 13.2 Å². The maximum absolute atomic E-state index is 12.4. The highest BCUT2D eigenvalue weighted by atomic mass is 16.6. The summed E-state index contributed by atoms with van der Waals surface area (Å²) in [4.78, 5) is 36.0. The van der Waals surface area contributed by atoms with E-state index < -0.39 is 17.5 Å². The van der Waals surface area contributed by atoms with E-state index in [9.17, 15) is 14.8 Å². The molecule has 0 aliphatic carbocycles. The molecule has 136 valence electrons. The van der Waals surface area contributed by atoms with E-state index in [4.69, 9.17) is 9.47 Å². The van der Waals surface area contributed by atoms with Crippen LogP contribution in [0.4, 0.5) is 5.82 Å². The van der Waals surface area contributed by atoms with Gasteiger partial charge in [0.1, 0.15) is 5.82 Å². The number of ether oxygens (including phenoxy) is 2. The first-order valence-electron chi connectivity index (χ1n) is 7.82. The molecule has 26 heavy (non-hydrogen) atoms. The van der Waals surface area contributed by atoms with Gasteiger partial charge in [-0.05, 0) is 32.0 Å². The molecule has 0 N–H and O–H groups in total. The molecule has 9 nitrogen and oxygen atoms in total. The maximum atomic E-state index is 12.4. The molecule has 0 radical (unpaired) electrons.